The van der Waals surface area contributed by atoms with Gasteiger partial charge in [-0.25, -0.2) is 4.79 Å². The van der Waals surface area contributed by atoms with E-state index in [1.165, 1.54) is 7.11 Å². The number of nitrogens with zero attached hydrogens (tertiary/aromatic N) is 1. The molecule has 72 valence electrons. The lowest BCUT2D eigenvalue weighted by atomic mass is 10.2. The van der Waals surface area contributed by atoms with Crippen molar-refractivity contribution in [2.24, 2.45) is 4.99 Å². The molecule has 2 rings (SSSR count). The van der Waals surface area contributed by atoms with Gasteiger partial charge in [0.15, 0.2) is 6.04 Å². The first-order chi connectivity index (χ1) is 6.74. The Labute approximate surface area is 94.6 Å². The lowest BCUT2D eigenvalue weighted by molar-refractivity contribution is -0.140. The van der Waals surface area contributed by atoms with Gasteiger partial charge in [0.05, 0.1) is 12.5 Å². The predicted molar refractivity (Wildman–Crippen MR) is 60.5 cm³/mol. The van der Waals surface area contributed by atoms with Crippen LogP contribution in [0.5, 0.6) is 0 Å². The van der Waals surface area contributed by atoms with Gasteiger partial charge in [-0.15, -0.1) is 0 Å². The van der Waals surface area contributed by atoms with Gasteiger partial charge in [-0.1, -0.05) is 18.2 Å². The van der Waals surface area contributed by atoms with Gasteiger partial charge in [-0.2, -0.15) is 0 Å². The maximum Gasteiger partial charge on any atom is 0.335 e. The van der Waals surface area contributed by atoms with Gasteiger partial charge in [0.2, 0.25) is 0 Å². The predicted octanol–water partition coefficient (Wildman–Crippen LogP) is 0.405. The highest BCUT2D eigenvalue weighted by molar-refractivity contribution is 14.1. The van der Waals surface area contributed by atoms with Crippen molar-refractivity contribution < 1.29 is 9.53 Å². The lowest BCUT2D eigenvalue weighted by Gasteiger charge is -2.04. The van der Waals surface area contributed by atoms with Crippen molar-refractivity contribution in [2.45, 2.75) is 6.04 Å². The number of methoxy groups -OCH3 is 1. The Kier molecular flexibility index (Phi) is 2.54. The van der Waals surface area contributed by atoms with Crippen LogP contribution in [0.4, 0.5) is 0 Å². The van der Waals surface area contributed by atoms with Gasteiger partial charge < -0.3 is 4.74 Å². The topological polar surface area (TPSA) is 38.7 Å². The molecule has 3 nitrogen and oxygen atoms in total. The number of carbonyl (C=O) groups excluding carboxylic acids is 1. The van der Waals surface area contributed by atoms with Crippen molar-refractivity contribution in [2.75, 3.05) is 7.11 Å². The molecule has 1 aliphatic rings. The first-order valence-corrected chi connectivity index (χ1v) is 5.22. The largest absolute Gasteiger partial charge is 0.467 e. The van der Waals surface area contributed by atoms with Crippen LogP contribution in [0.15, 0.2) is 29.3 Å². The fraction of sp³-hybridized carbons (Fsp3) is 0.200. The second kappa shape index (κ2) is 3.68. The number of fused-ring (bicyclic) bond motifs is 1. The average Bonchev–Trinajstić information content (AvgIpc) is 2.56. The number of benzene rings is 1. The summed E-state index contributed by atoms with van der Waals surface area (Å²) < 4.78 is 5.61. The molecule has 1 aromatic rings. The Morgan fingerprint density at radius 3 is 2.86 bits per heavy atom. The molecule has 0 spiro atoms. The van der Waals surface area contributed by atoms with Crippen LogP contribution < -0.4 is 10.6 Å². The molecule has 4 heteroatoms. The van der Waals surface area contributed by atoms with Crippen LogP contribution in [0, 0.1) is 0 Å². The van der Waals surface area contributed by atoms with E-state index >= 15 is 0 Å². The Balaban J connectivity index is 2.59. The molecule has 0 bridgehead atoms. The zero-order valence-corrected chi connectivity index (χ0v) is 9.69. The quantitative estimate of drug-likeness (QED) is 0.556. The van der Waals surface area contributed by atoms with Gasteiger partial charge in [-0.05, 0) is 28.7 Å². The van der Waals surface area contributed by atoms with Crippen LogP contribution in [0.1, 0.15) is 0 Å². The summed E-state index contributed by atoms with van der Waals surface area (Å²) in [5.74, 6) is -0.300. The molecule has 0 saturated heterocycles. The third-order valence-corrected chi connectivity index (χ3v) is 3.27. The summed E-state index contributed by atoms with van der Waals surface area (Å²) in [4.78, 5) is 15.6. The third-order valence-electron chi connectivity index (χ3n) is 2.09. The van der Waals surface area contributed by atoms with Crippen molar-refractivity contribution in [3.63, 3.8) is 0 Å². The van der Waals surface area contributed by atoms with Crippen molar-refractivity contribution in [3.05, 3.63) is 34.8 Å². The first-order valence-electron chi connectivity index (χ1n) is 4.14. The zero-order chi connectivity index (χ0) is 10.1. The summed E-state index contributed by atoms with van der Waals surface area (Å²) >= 11 is 2.15. The summed E-state index contributed by atoms with van der Waals surface area (Å²) in [6.07, 6.45) is 0. The SMILES string of the molecule is COC(=O)[C@@H]1N=c2ccccc2=C1I. The van der Waals surface area contributed by atoms with E-state index in [0.29, 0.717) is 0 Å². The molecule has 0 amide bonds. The van der Waals surface area contributed by atoms with Crippen LogP contribution in [0.3, 0.4) is 0 Å². The van der Waals surface area contributed by atoms with Gasteiger partial charge in [0, 0.05) is 8.80 Å². The Morgan fingerprint density at radius 2 is 2.21 bits per heavy atom. The average molecular weight is 301 g/mol. The van der Waals surface area contributed by atoms with E-state index < -0.39 is 6.04 Å². The Bertz CT molecular complexity index is 495. The van der Waals surface area contributed by atoms with Gasteiger partial charge >= 0.3 is 5.97 Å². The number of ether oxygens (including phenoxy) is 1. The summed E-state index contributed by atoms with van der Waals surface area (Å²) in [6, 6.07) is 7.25. The number of halogens is 1. The smallest absolute Gasteiger partial charge is 0.335 e. The first kappa shape index (κ1) is 9.64. The maximum atomic E-state index is 11.4. The molecular weight excluding hydrogens is 293 g/mol. The van der Waals surface area contributed by atoms with E-state index in [4.69, 9.17) is 0 Å². The van der Waals surface area contributed by atoms with Crippen molar-refractivity contribution in [3.8, 4) is 0 Å². The molecule has 0 aromatic heterocycles. The number of hydrogen-bond acceptors (Lipinski definition) is 3. The molecule has 14 heavy (non-hydrogen) atoms. The molecule has 0 aliphatic carbocycles. The second-order valence-corrected chi connectivity index (χ2v) is 4.08. The summed E-state index contributed by atoms with van der Waals surface area (Å²) in [6.45, 7) is 0. The highest BCUT2D eigenvalue weighted by Crippen LogP contribution is 2.17. The van der Waals surface area contributed by atoms with Gasteiger partial charge in [0.1, 0.15) is 0 Å². The molecular formula is C10H8INO2. The molecule has 0 fully saturated rings. The van der Waals surface area contributed by atoms with Crippen LogP contribution in [-0.2, 0) is 9.53 Å². The third kappa shape index (κ3) is 1.43. The lowest BCUT2D eigenvalue weighted by Crippen LogP contribution is -2.21. The number of esters is 1. The van der Waals surface area contributed by atoms with E-state index in [1.807, 2.05) is 24.3 Å². The number of para-hydroxylation sites is 1. The minimum absolute atomic E-state index is 0.300. The zero-order valence-electron chi connectivity index (χ0n) is 7.53. The van der Waals surface area contributed by atoms with Gasteiger partial charge in [-0.3, -0.25) is 4.99 Å². The minimum atomic E-state index is -0.460. The second-order valence-electron chi connectivity index (χ2n) is 2.92. The monoisotopic (exact) mass is 301 g/mol. The highest BCUT2D eigenvalue weighted by atomic mass is 127. The maximum absolute atomic E-state index is 11.4. The van der Waals surface area contributed by atoms with E-state index in [0.717, 1.165) is 14.2 Å². The normalized spacial score (nSPS) is 18.7. The minimum Gasteiger partial charge on any atom is -0.467 e. The molecule has 0 unspecified atom stereocenters. The number of rotatable bonds is 1. The molecule has 1 aromatic carbocycles. The van der Waals surface area contributed by atoms with E-state index in [9.17, 15) is 4.79 Å². The van der Waals surface area contributed by atoms with E-state index in [1.54, 1.807) is 0 Å². The fourth-order valence-electron chi connectivity index (χ4n) is 1.40. The standard InChI is InChI=1S/C10H8INO2/c1-14-10(13)9-8(11)6-4-2-3-5-7(6)12-9/h2-5,9H,1H3/t9-/m1/s1. The Morgan fingerprint density at radius 1 is 1.50 bits per heavy atom. The molecule has 1 atom stereocenters. The van der Waals surface area contributed by atoms with Crippen molar-refractivity contribution in [1.82, 2.24) is 0 Å². The van der Waals surface area contributed by atoms with Crippen LogP contribution >= 0.6 is 22.6 Å². The fourth-order valence-corrected chi connectivity index (χ4v) is 2.25. The molecule has 0 radical (unpaired) electrons. The summed E-state index contributed by atoms with van der Waals surface area (Å²) in [5, 5.41) is 1.90. The molecule has 0 saturated carbocycles. The number of hydrogen-bond donors (Lipinski definition) is 0. The van der Waals surface area contributed by atoms with Gasteiger partial charge in [0.25, 0.3) is 0 Å². The van der Waals surface area contributed by atoms with Crippen LogP contribution in [-0.4, -0.2) is 19.1 Å². The van der Waals surface area contributed by atoms with Crippen molar-refractivity contribution in [1.29, 1.82) is 0 Å². The molecule has 1 heterocycles. The van der Waals surface area contributed by atoms with E-state index in [2.05, 4.69) is 32.3 Å². The Hall–Kier alpha value is -0.910. The summed E-state index contributed by atoms with van der Waals surface area (Å²) in [7, 11) is 1.38. The van der Waals surface area contributed by atoms with Crippen LogP contribution in [0.25, 0.3) is 3.58 Å². The van der Waals surface area contributed by atoms with Crippen molar-refractivity contribution >= 4 is 32.1 Å². The highest BCUT2D eigenvalue weighted by Gasteiger charge is 2.25. The summed E-state index contributed by atoms with van der Waals surface area (Å²) in [5.41, 5.74) is 0. The van der Waals surface area contributed by atoms with E-state index in [-0.39, 0.29) is 5.97 Å². The number of carbonyl (C=O) groups is 1. The molecule has 1 aliphatic heterocycles. The molecule has 0 N–H and O–H groups in total. The van der Waals surface area contributed by atoms with Crippen LogP contribution in [0.2, 0.25) is 0 Å².